The van der Waals surface area contributed by atoms with Crippen LogP contribution < -0.4 is 5.32 Å². The standard InChI is InChI=1S/C11H12N2O3S/c1-7-2-3-9(17-7)8(14)4-13-5-10(15)12-11(16)6-13/h2-3H,4-6H2,1H3,(H,12,15,16). The van der Waals surface area contributed by atoms with E-state index in [0.717, 1.165) is 4.88 Å². The Morgan fingerprint density at radius 2 is 2.00 bits per heavy atom. The highest BCUT2D eigenvalue weighted by Gasteiger charge is 2.24. The predicted molar refractivity (Wildman–Crippen MR) is 63.0 cm³/mol. The molecule has 0 radical (unpaired) electrons. The lowest BCUT2D eigenvalue weighted by Gasteiger charge is -2.24. The molecule has 6 heteroatoms. The number of nitrogens with zero attached hydrogens (tertiary/aromatic N) is 1. The number of hydrogen-bond donors (Lipinski definition) is 1. The van der Waals surface area contributed by atoms with Gasteiger partial charge < -0.3 is 0 Å². The van der Waals surface area contributed by atoms with Crippen LogP contribution in [-0.2, 0) is 9.59 Å². The maximum Gasteiger partial charge on any atom is 0.240 e. The number of ketones is 1. The van der Waals surface area contributed by atoms with E-state index in [-0.39, 0.29) is 37.2 Å². The average molecular weight is 252 g/mol. The third kappa shape index (κ3) is 2.98. The number of thiophene rings is 1. The molecule has 2 amide bonds. The monoisotopic (exact) mass is 252 g/mol. The summed E-state index contributed by atoms with van der Waals surface area (Å²) in [5.74, 6) is -0.751. The Labute approximate surface area is 102 Å². The van der Waals surface area contributed by atoms with Crippen molar-refractivity contribution in [3.05, 3.63) is 21.9 Å². The van der Waals surface area contributed by atoms with E-state index in [1.165, 1.54) is 11.3 Å². The molecule has 0 aromatic carbocycles. The van der Waals surface area contributed by atoms with E-state index in [9.17, 15) is 14.4 Å². The van der Waals surface area contributed by atoms with Crippen molar-refractivity contribution in [2.24, 2.45) is 0 Å². The Morgan fingerprint density at radius 1 is 1.35 bits per heavy atom. The second-order valence-electron chi connectivity index (χ2n) is 3.95. The lowest BCUT2D eigenvalue weighted by molar-refractivity contribution is -0.135. The zero-order valence-corrected chi connectivity index (χ0v) is 10.2. The first-order chi connectivity index (χ1) is 8.04. The van der Waals surface area contributed by atoms with Crippen molar-refractivity contribution in [3.63, 3.8) is 0 Å². The molecular formula is C11H12N2O3S. The van der Waals surface area contributed by atoms with E-state index in [0.29, 0.717) is 4.88 Å². The van der Waals surface area contributed by atoms with Crippen molar-refractivity contribution in [3.8, 4) is 0 Å². The fourth-order valence-corrected chi connectivity index (χ4v) is 2.47. The highest BCUT2D eigenvalue weighted by Crippen LogP contribution is 2.16. The van der Waals surface area contributed by atoms with Gasteiger partial charge in [-0.3, -0.25) is 24.6 Å². The number of Topliss-reactive ketones (excluding diaryl/α,β-unsaturated/α-hetero) is 1. The molecule has 5 nitrogen and oxygen atoms in total. The average Bonchev–Trinajstić information content (AvgIpc) is 2.63. The van der Waals surface area contributed by atoms with Gasteiger partial charge in [-0.25, -0.2) is 0 Å². The zero-order valence-electron chi connectivity index (χ0n) is 9.36. The summed E-state index contributed by atoms with van der Waals surface area (Å²) < 4.78 is 0. The molecule has 0 saturated carbocycles. The highest BCUT2D eigenvalue weighted by atomic mass is 32.1. The van der Waals surface area contributed by atoms with E-state index in [1.54, 1.807) is 11.0 Å². The summed E-state index contributed by atoms with van der Waals surface area (Å²) in [6, 6.07) is 3.65. The molecule has 1 aliphatic heterocycles. The van der Waals surface area contributed by atoms with Crippen molar-refractivity contribution in [2.75, 3.05) is 19.6 Å². The molecule has 1 aliphatic rings. The normalized spacial score (nSPS) is 17.0. The van der Waals surface area contributed by atoms with Crippen LogP contribution >= 0.6 is 11.3 Å². The van der Waals surface area contributed by atoms with Crippen LogP contribution in [0.15, 0.2) is 12.1 Å². The minimum Gasteiger partial charge on any atom is -0.294 e. The number of amides is 2. The third-order valence-electron chi connectivity index (χ3n) is 2.40. The molecule has 17 heavy (non-hydrogen) atoms. The van der Waals surface area contributed by atoms with Crippen molar-refractivity contribution < 1.29 is 14.4 Å². The number of piperazine rings is 1. The van der Waals surface area contributed by atoms with Crippen LogP contribution in [0.25, 0.3) is 0 Å². The largest absolute Gasteiger partial charge is 0.294 e. The first-order valence-corrected chi connectivity index (χ1v) is 6.01. The molecule has 0 atom stereocenters. The molecule has 0 spiro atoms. The number of aryl methyl sites for hydroxylation is 1. The second kappa shape index (κ2) is 4.77. The van der Waals surface area contributed by atoms with Crippen molar-refractivity contribution in [1.29, 1.82) is 0 Å². The predicted octanol–water partition coefficient (Wildman–Crippen LogP) is 0.198. The summed E-state index contributed by atoms with van der Waals surface area (Å²) in [6.07, 6.45) is 0. The number of nitrogens with one attached hydrogen (secondary N) is 1. The molecule has 2 heterocycles. The molecule has 1 aromatic rings. The molecule has 1 saturated heterocycles. The molecule has 1 N–H and O–H groups in total. The lowest BCUT2D eigenvalue weighted by atomic mass is 10.2. The van der Waals surface area contributed by atoms with Gasteiger partial charge in [-0.2, -0.15) is 0 Å². The molecule has 2 rings (SSSR count). The second-order valence-corrected chi connectivity index (χ2v) is 5.24. The van der Waals surface area contributed by atoms with Gasteiger partial charge in [0.15, 0.2) is 5.78 Å². The number of rotatable bonds is 3. The van der Waals surface area contributed by atoms with Gasteiger partial charge >= 0.3 is 0 Å². The minimum atomic E-state index is -0.351. The Morgan fingerprint density at radius 3 is 2.53 bits per heavy atom. The van der Waals surface area contributed by atoms with Crippen LogP contribution in [0.3, 0.4) is 0 Å². The van der Waals surface area contributed by atoms with Gasteiger partial charge in [0.25, 0.3) is 0 Å². The summed E-state index contributed by atoms with van der Waals surface area (Å²) in [7, 11) is 0. The first kappa shape index (κ1) is 11.9. The fraction of sp³-hybridized carbons (Fsp3) is 0.364. The van der Waals surface area contributed by atoms with E-state index in [2.05, 4.69) is 5.32 Å². The Kier molecular flexibility index (Phi) is 3.35. The number of hydrogen-bond acceptors (Lipinski definition) is 5. The third-order valence-corrected chi connectivity index (χ3v) is 3.44. The van der Waals surface area contributed by atoms with Gasteiger partial charge in [0.2, 0.25) is 11.8 Å². The van der Waals surface area contributed by atoms with Gasteiger partial charge in [0.05, 0.1) is 24.5 Å². The van der Waals surface area contributed by atoms with E-state index >= 15 is 0 Å². The number of carbonyl (C=O) groups is 3. The van der Waals surface area contributed by atoms with Gasteiger partial charge in [0, 0.05) is 4.88 Å². The fourth-order valence-electron chi connectivity index (χ4n) is 1.67. The SMILES string of the molecule is Cc1ccc(C(=O)CN2CC(=O)NC(=O)C2)s1. The highest BCUT2D eigenvalue weighted by molar-refractivity contribution is 7.14. The molecule has 1 fully saturated rings. The number of carbonyl (C=O) groups excluding carboxylic acids is 3. The quantitative estimate of drug-likeness (QED) is 0.616. The van der Waals surface area contributed by atoms with Gasteiger partial charge in [-0.15, -0.1) is 11.3 Å². The summed E-state index contributed by atoms with van der Waals surface area (Å²) in [4.78, 5) is 37.4. The van der Waals surface area contributed by atoms with Gasteiger partial charge in [0.1, 0.15) is 0 Å². The summed E-state index contributed by atoms with van der Waals surface area (Å²) >= 11 is 1.42. The Bertz CT molecular complexity index is 465. The first-order valence-electron chi connectivity index (χ1n) is 5.19. The Hall–Kier alpha value is -1.53. The maximum atomic E-state index is 11.9. The summed E-state index contributed by atoms with van der Waals surface area (Å²) in [5, 5.41) is 2.20. The van der Waals surface area contributed by atoms with Crippen LogP contribution in [0.4, 0.5) is 0 Å². The molecule has 0 unspecified atom stereocenters. The molecule has 90 valence electrons. The van der Waals surface area contributed by atoms with Crippen LogP contribution in [0, 0.1) is 6.92 Å². The molecule has 0 aliphatic carbocycles. The van der Waals surface area contributed by atoms with Gasteiger partial charge in [-0.05, 0) is 19.1 Å². The minimum absolute atomic E-state index is 0.0504. The van der Waals surface area contributed by atoms with E-state index in [4.69, 9.17) is 0 Å². The zero-order chi connectivity index (χ0) is 12.4. The van der Waals surface area contributed by atoms with Crippen LogP contribution in [-0.4, -0.2) is 42.1 Å². The molecule has 0 bridgehead atoms. The van der Waals surface area contributed by atoms with Gasteiger partial charge in [-0.1, -0.05) is 0 Å². The lowest BCUT2D eigenvalue weighted by Crippen LogP contribution is -2.52. The molecular weight excluding hydrogens is 240 g/mol. The van der Waals surface area contributed by atoms with Crippen LogP contribution in [0.2, 0.25) is 0 Å². The van der Waals surface area contributed by atoms with Crippen LogP contribution in [0.1, 0.15) is 14.5 Å². The van der Waals surface area contributed by atoms with E-state index < -0.39 is 0 Å². The summed E-state index contributed by atoms with van der Waals surface area (Å²) in [6.45, 7) is 2.24. The van der Waals surface area contributed by atoms with Crippen molar-refractivity contribution in [2.45, 2.75) is 6.92 Å². The number of imide groups is 1. The van der Waals surface area contributed by atoms with Crippen LogP contribution in [0.5, 0.6) is 0 Å². The summed E-state index contributed by atoms with van der Waals surface area (Å²) in [5.41, 5.74) is 0. The van der Waals surface area contributed by atoms with Crippen molar-refractivity contribution in [1.82, 2.24) is 10.2 Å². The smallest absolute Gasteiger partial charge is 0.240 e. The van der Waals surface area contributed by atoms with E-state index in [1.807, 2.05) is 13.0 Å². The molecule has 1 aromatic heterocycles. The maximum absolute atomic E-state index is 11.9. The van der Waals surface area contributed by atoms with Crippen molar-refractivity contribution >= 4 is 28.9 Å². The topological polar surface area (TPSA) is 66.5 Å². The Balaban J connectivity index is 1.99.